The zero-order valence-electron chi connectivity index (χ0n) is 10.9. The van der Waals surface area contributed by atoms with Gasteiger partial charge in [-0.15, -0.1) is 0 Å². The number of hydrogen-bond donors (Lipinski definition) is 2. The minimum atomic E-state index is -0.137. The van der Waals surface area contributed by atoms with Crippen LogP contribution in [0.5, 0.6) is 0 Å². The van der Waals surface area contributed by atoms with Crippen molar-refractivity contribution < 1.29 is 4.79 Å². The highest BCUT2D eigenvalue weighted by Crippen LogP contribution is 2.26. The monoisotopic (exact) mass is 352 g/mol. The second-order valence-corrected chi connectivity index (χ2v) is 5.68. The molecule has 1 amide bonds. The van der Waals surface area contributed by atoms with Crippen LogP contribution < -0.4 is 10.6 Å². The second-order valence-electron chi connectivity index (χ2n) is 4.36. The van der Waals surface area contributed by atoms with Gasteiger partial charge in [0.2, 0.25) is 5.91 Å². The Kier molecular flexibility index (Phi) is 5.04. The first-order chi connectivity index (χ1) is 9.54. The molecule has 2 aromatic carbocycles. The molecule has 0 spiro atoms. The highest BCUT2D eigenvalue weighted by atomic mass is 79.9. The fourth-order valence-electron chi connectivity index (χ4n) is 1.77. The summed E-state index contributed by atoms with van der Waals surface area (Å²) < 4.78 is 1.05. The lowest BCUT2D eigenvalue weighted by molar-refractivity contribution is -0.114. The van der Waals surface area contributed by atoms with Crippen molar-refractivity contribution in [3.05, 3.63) is 57.5 Å². The van der Waals surface area contributed by atoms with Gasteiger partial charge in [-0.05, 0) is 35.9 Å². The van der Waals surface area contributed by atoms with E-state index in [1.807, 2.05) is 24.3 Å². The average molecular weight is 354 g/mol. The zero-order valence-corrected chi connectivity index (χ0v) is 13.3. The summed E-state index contributed by atoms with van der Waals surface area (Å²) in [5, 5.41) is 6.48. The number of carbonyl (C=O) groups excluding carboxylic acids is 1. The fourth-order valence-corrected chi connectivity index (χ4v) is 2.44. The SMILES string of the molecule is CC(=O)Nc1ccc(NCc2cccc(Br)c2)cc1Cl. The number of amides is 1. The lowest BCUT2D eigenvalue weighted by Crippen LogP contribution is -2.06. The van der Waals surface area contributed by atoms with E-state index in [2.05, 4.69) is 32.6 Å². The van der Waals surface area contributed by atoms with Gasteiger partial charge in [0.05, 0.1) is 10.7 Å². The number of anilines is 2. The maximum atomic E-state index is 11.0. The summed E-state index contributed by atoms with van der Waals surface area (Å²) in [6.45, 7) is 2.16. The van der Waals surface area contributed by atoms with Gasteiger partial charge >= 0.3 is 0 Å². The molecule has 0 fully saturated rings. The van der Waals surface area contributed by atoms with Crippen molar-refractivity contribution in [1.82, 2.24) is 0 Å². The fraction of sp³-hybridized carbons (Fsp3) is 0.133. The van der Waals surface area contributed by atoms with Crippen molar-refractivity contribution in [3.8, 4) is 0 Å². The van der Waals surface area contributed by atoms with Crippen LogP contribution >= 0.6 is 27.5 Å². The Hall–Kier alpha value is -1.52. The van der Waals surface area contributed by atoms with E-state index in [1.165, 1.54) is 12.5 Å². The molecule has 0 aliphatic rings. The normalized spacial score (nSPS) is 10.2. The molecule has 0 radical (unpaired) electrons. The highest BCUT2D eigenvalue weighted by Gasteiger charge is 2.03. The van der Waals surface area contributed by atoms with Gasteiger partial charge in [0.15, 0.2) is 0 Å². The molecule has 3 nitrogen and oxygen atoms in total. The number of benzene rings is 2. The van der Waals surface area contributed by atoms with Gasteiger partial charge in [-0.3, -0.25) is 4.79 Å². The van der Waals surface area contributed by atoms with E-state index < -0.39 is 0 Å². The van der Waals surface area contributed by atoms with Gasteiger partial charge in [0, 0.05) is 23.6 Å². The zero-order chi connectivity index (χ0) is 14.5. The van der Waals surface area contributed by atoms with Gasteiger partial charge in [-0.2, -0.15) is 0 Å². The topological polar surface area (TPSA) is 41.1 Å². The lowest BCUT2D eigenvalue weighted by atomic mass is 10.2. The van der Waals surface area contributed by atoms with Crippen LogP contribution in [0, 0.1) is 0 Å². The van der Waals surface area contributed by atoms with Crippen LogP contribution in [-0.2, 0) is 11.3 Å². The van der Waals surface area contributed by atoms with E-state index in [-0.39, 0.29) is 5.91 Å². The molecule has 0 aliphatic carbocycles. The van der Waals surface area contributed by atoms with Crippen molar-refractivity contribution in [2.45, 2.75) is 13.5 Å². The van der Waals surface area contributed by atoms with Gasteiger partial charge < -0.3 is 10.6 Å². The first-order valence-corrected chi connectivity index (χ1v) is 7.27. The van der Waals surface area contributed by atoms with E-state index in [1.54, 1.807) is 12.1 Å². The molecule has 0 saturated heterocycles. The molecule has 0 atom stereocenters. The van der Waals surface area contributed by atoms with E-state index in [0.29, 0.717) is 17.3 Å². The van der Waals surface area contributed by atoms with Crippen LogP contribution in [0.4, 0.5) is 11.4 Å². The van der Waals surface area contributed by atoms with Crippen molar-refractivity contribution in [2.24, 2.45) is 0 Å². The molecule has 104 valence electrons. The molecule has 2 aromatic rings. The van der Waals surface area contributed by atoms with Crippen molar-refractivity contribution in [2.75, 3.05) is 10.6 Å². The number of carbonyl (C=O) groups is 1. The molecular weight excluding hydrogens is 340 g/mol. The summed E-state index contributed by atoms with van der Waals surface area (Å²) in [7, 11) is 0. The molecule has 0 unspecified atom stereocenters. The molecule has 5 heteroatoms. The van der Waals surface area contributed by atoms with E-state index in [0.717, 1.165) is 10.2 Å². The molecule has 0 bridgehead atoms. The Bertz CT molecular complexity index is 631. The van der Waals surface area contributed by atoms with E-state index >= 15 is 0 Å². The standard InChI is InChI=1S/C15H14BrClN2O/c1-10(20)19-15-6-5-13(8-14(15)17)18-9-11-3-2-4-12(16)7-11/h2-8,18H,9H2,1H3,(H,19,20). The Morgan fingerprint density at radius 2 is 2.05 bits per heavy atom. The minimum absolute atomic E-state index is 0.137. The predicted molar refractivity (Wildman–Crippen MR) is 87.2 cm³/mol. The summed E-state index contributed by atoms with van der Waals surface area (Å²) in [5.41, 5.74) is 2.69. The maximum Gasteiger partial charge on any atom is 0.221 e. The highest BCUT2D eigenvalue weighted by molar-refractivity contribution is 9.10. The second kappa shape index (κ2) is 6.77. The maximum absolute atomic E-state index is 11.0. The summed E-state index contributed by atoms with van der Waals surface area (Å²) >= 11 is 9.56. The van der Waals surface area contributed by atoms with Crippen LogP contribution in [-0.4, -0.2) is 5.91 Å². The average Bonchev–Trinajstić information content (AvgIpc) is 2.39. The Morgan fingerprint density at radius 3 is 2.70 bits per heavy atom. The van der Waals surface area contributed by atoms with Crippen molar-refractivity contribution in [3.63, 3.8) is 0 Å². The first kappa shape index (κ1) is 14.9. The number of rotatable bonds is 4. The van der Waals surface area contributed by atoms with Crippen LogP contribution in [0.1, 0.15) is 12.5 Å². The number of hydrogen-bond acceptors (Lipinski definition) is 2. The smallest absolute Gasteiger partial charge is 0.221 e. The molecule has 0 heterocycles. The third-order valence-corrected chi connectivity index (χ3v) is 3.47. The van der Waals surface area contributed by atoms with Gasteiger partial charge in [0.1, 0.15) is 0 Å². The molecule has 2 rings (SSSR count). The molecule has 0 aliphatic heterocycles. The first-order valence-electron chi connectivity index (χ1n) is 6.10. The third kappa shape index (κ3) is 4.25. The predicted octanol–water partition coefficient (Wildman–Crippen LogP) is 4.67. The lowest BCUT2D eigenvalue weighted by Gasteiger charge is -2.10. The molecule has 20 heavy (non-hydrogen) atoms. The summed E-state index contributed by atoms with van der Waals surface area (Å²) in [6.07, 6.45) is 0. The Labute approximate surface area is 131 Å². The van der Waals surface area contributed by atoms with Crippen LogP contribution in [0.2, 0.25) is 5.02 Å². The van der Waals surface area contributed by atoms with Crippen LogP contribution in [0.3, 0.4) is 0 Å². The molecule has 0 saturated carbocycles. The minimum Gasteiger partial charge on any atom is -0.381 e. The molecule has 2 N–H and O–H groups in total. The Balaban J connectivity index is 2.03. The van der Waals surface area contributed by atoms with Crippen LogP contribution in [0.25, 0.3) is 0 Å². The molecular formula is C15H14BrClN2O. The summed E-state index contributed by atoms with van der Waals surface area (Å²) in [4.78, 5) is 11.0. The quantitative estimate of drug-likeness (QED) is 0.838. The largest absolute Gasteiger partial charge is 0.381 e. The van der Waals surface area contributed by atoms with Gasteiger partial charge in [-0.25, -0.2) is 0 Å². The number of nitrogens with one attached hydrogen (secondary N) is 2. The van der Waals surface area contributed by atoms with Crippen LogP contribution in [0.15, 0.2) is 46.9 Å². The third-order valence-electron chi connectivity index (χ3n) is 2.67. The van der Waals surface area contributed by atoms with Crippen molar-refractivity contribution >= 4 is 44.8 Å². The van der Waals surface area contributed by atoms with E-state index in [9.17, 15) is 4.79 Å². The summed E-state index contributed by atoms with van der Waals surface area (Å²) in [5.74, 6) is -0.137. The summed E-state index contributed by atoms with van der Waals surface area (Å²) in [6, 6.07) is 13.6. The van der Waals surface area contributed by atoms with E-state index in [4.69, 9.17) is 11.6 Å². The molecule has 0 aromatic heterocycles. The van der Waals surface area contributed by atoms with Crippen molar-refractivity contribution in [1.29, 1.82) is 0 Å². The Morgan fingerprint density at radius 1 is 1.25 bits per heavy atom. The van der Waals surface area contributed by atoms with Gasteiger partial charge in [-0.1, -0.05) is 39.7 Å². The van der Waals surface area contributed by atoms with Gasteiger partial charge in [0.25, 0.3) is 0 Å². The number of halogens is 2.